The number of rotatable bonds is 4. The number of hydrogen-bond acceptors (Lipinski definition) is 3. The van der Waals surface area contributed by atoms with E-state index in [0.717, 1.165) is 5.56 Å². The number of nitrogens with zero attached hydrogens (tertiary/aromatic N) is 1. The van der Waals surface area contributed by atoms with Crippen LogP contribution < -0.4 is 5.32 Å². The van der Waals surface area contributed by atoms with Gasteiger partial charge in [0.05, 0.1) is 11.7 Å². The quantitative estimate of drug-likeness (QED) is 0.885. The van der Waals surface area contributed by atoms with Crippen LogP contribution in [0.2, 0.25) is 10.0 Å². The van der Waals surface area contributed by atoms with Crippen LogP contribution in [0.4, 0.5) is 5.69 Å². The molecule has 2 aromatic rings. The molecular weight excluding hydrogens is 299 g/mol. The Balaban J connectivity index is 2.28. The third-order valence-electron chi connectivity index (χ3n) is 2.85. The van der Waals surface area contributed by atoms with Crippen molar-refractivity contribution in [3.8, 4) is 0 Å². The zero-order valence-electron chi connectivity index (χ0n) is 10.6. The maximum Gasteiger partial charge on any atom is 0.339 e. The Morgan fingerprint density at radius 1 is 1.35 bits per heavy atom. The van der Waals surface area contributed by atoms with E-state index in [2.05, 4.69) is 10.3 Å². The van der Waals surface area contributed by atoms with Gasteiger partial charge in [0.15, 0.2) is 0 Å². The molecule has 0 bridgehead atoms. The molecule has 0 radical (unpaired) electrons. The molecule has 2 N–H and O–H groups in total. The minimum Gasteiger partial charge on any atom is -0.478 e. The number of halogens is 2. The molecule has 0 aliphatic rings. The summed E-state index contributed by atoms with van der Waals surface area (Å²) in [6.07, 6.45) is 2.84. The van der Waals surface area contributed by atoms with Crippen LogP contribution >= 0.6 is 23.2 Å². The van der Waals surface area contributed by atoms with Crippen LogP contribution in [0, 0.1) is 0 Å². The predicted molar refractivity (Wildman–Crippen MR) is 79.7 cm³/mol. The minimum atomic E-state index is -1.03. The Bertz CT molecular complexity index is 647. The van der Waals surface area contributed by atoms with Gasteiger partial charge in [-0.1, -0.05) is 29.3 Å². The van der Waals surface area contributed by atoms with E-state index >= 15 is 0 Å². The molecule has 2 rings (SSSR count). The molecule has 6 heteroatoms. The minimum absolute atomic E-state index is 0.115. The zero-order valence-corrected chi connectivity index (χ0v) is 12.1. The van der Waals surface area contributed by atoms with Gasteiger partial charge in [0.1, 0.15) is 5.56 Å². The van der Waals surface area contributed by atoms with Crippen LogP contribution in [0.15, 0.2) is 36.7 Å². The van der Waals surface area contributed by atoms with Gasteiger partial charge in [-0.25, -0.2) is 4.79 Å². The number of hydrogen-bond donors (Lipinski definition) is 2. The summed E-state index contributed by atoms with van der Waals surface area (Å²) >= 11 is 12.0. The lowest BCUT2D eigenvalue weighted by molar-refractivity contribution is 0.0697. The Morgan fingerprint density at radius 2 is 2.10 bits per heavy atom. The highest BCUT2D eigenvalue weighted by Gasteiger charge is 2.14. The first-order chi connectivity index (χ1) is 9.49. The SMILES string of the molecule is CC(Nc1ccncc1C(=O)O)c1ccc(Cl)cc1Cl. The van der Waals surface area contributed by atoms with Crippen molar-refractivity contribution in [1.82, 2.24) is 4.98 Å². The van der Waals surface area contributed by atoms with E-state index in [4.69, 9.17) is 28.3 Å². The van der Waals surface area contributed by atoms with E-state index in [-0.39, 0.29) is 11.6 Å². The monoisotopic (exact) mass is 310 g/mol. The van der Waals surface area contributed by atoms with Crippen molar-refractivity contribution in [2.75, 3.05) is 5.32 Å². The first kappa shape index (κ1) is 14.6. The Morgan fingerprint density at radius 3 is 2.75 bits per heavy atom. The molecule has 0 fully saturated rings. The normalized spacial score (nSPS) is 11.9. The van der Waals surface area contributed by atoms with E-state index in [1.807, 2.05) is 13.0 Å². The maximum absolute atomic E-state index is 11.1. The van der Waals surface area contributed by atoms with Crippen LogP contribution in [-0.2, 0) is 0 Å². The number of carboxylic acids is 1. The molecule has 1 atom stereocenters. The van der Waals surface area contributed by atoms with Gasteiger partial charge in [-0.15, -0.1) is 0 Å². The van der Waals surface area contributed by atoms with E-state index in [0.29, 0.717) is 15.7 Å². The molecule has 0 aliphatic heterocycles. The van der Waals surface area contributed by atoms with Gasteiger partial charge >= 0.3 is 5.97 Å². The van der Waals surface area contributed by atoms with Crippen molar-refractivity contribution < 1.29 is 9.90 Å². The lowest BCUT2D eigenvalue weighted by Gasteiger charge is -2.18. The van der Waals surface area contributed by atoms with Crippen molar-refractivity contribution in [3.05, 3.63) is 57.8 Å². The molecule has 4 nitrogen and oxygen atoms in total. The molecule has 0 amide bonds. The summed E-state index contributed by atoms with van der Waals surface area (Å²) in [6, 6.07) is 6.65. The second kappa shape index (κ2) is 6.11. The number of nitrogens with one attached hydrogen (secondary N) is 1. The number of benzene rings is 1. The molecule has 1 heterocycles. The summed E-state index contributed by atoms with van der Waals surface area (Å²) in [5.74, 6) is -1.03. The third kappa shape index (κ3) is 3.21. The molecule has 1 aromatic heterocycles. The summed E-state index contributed by atoms with van der Waals surface area (Å²) in [5, 5.41) is 13.3. The number of aromatic nitrogens is 1. The highest BCUT2D eigenvalue weighted by atomic mass is 35.5. The van der Waals surface area contributed by atoms with Gasteiger partial charge in [-0.05, 0) is 30.7 Å². The standard InChI is InChI=1S/C14H12Cl2N2O2/c1-8(10-3-2-9(15)6-12(10)16)18-13-4-5-17-7-11(13)14(19)20/h2-8H,1H3,(H,17,18)(H,19,20). The second-order valence-electron chi connectivity index (χ2n) is 4.26. The summed E-state index contributed by atoms with van der Waals surface area (Å²) in [7, 11) is 0. The van der Waals surface area contributed by atoms with Crippen molar-refractivity contribution in [2.24, 2.45) is 0 Å². The van der Waals surface area contributed by atoms with Crippen molar-refractivity contribution >= 4 is 34.9 Å². The fourth-order valence-corrected chi connectivity index (χ4v) is 2.43. The number of aromatic carboxylic acids is 1. The highest BCUT2D eigenvalue weighted by molar-refractivity contribution is 6.35. The Kier molecular flexibility index (Phi) is 4.47. The van der Waals surface area contributed by atoms with E-state index in [9.17, 15) is 4.79 Å². The predicted octanol–water partition coefficient (Wildman–Crippen LogP) is 4.26. The van der Waals surface area contributed by atoms with Crippen LogP contribution in [0.3, 0.4) is 0 Å². The molecule has 1 unspecified atom stereocenters. The number of pyridine rings is 1. The molecule has 0 saturated carbocycles. The van der Waals surface area contributed by atoms with Gasteiger partial charge in [0.25, 0.3) is 0 Å². The third-order valence-corrected chi connectivity index (χ3v) is 3.41. The van der Waals surface area contributed by atoms with Crippen LogP contribution in [0.25, 0.3) is 0 Å². The first-order valence-corrected chi connectivity index (χ1v) is 6.63. The fraction of sp³-hybridized carbons (Fsp3) is 0.143. The number of carboxylic acid groups (broad SMARTS) is 1. The smallest absolute Gasteiger partial charge is 0.339 e. The molecule has 1 aromatic carbocycles. The average molecular weight is 311 g/mol. The topological polar surface area (TPSA) is 62.2 Å². The van der Waals surface area contributed by atoms with Crippen LogP contribution in [0.1, 0.15) is 28.9 Å². The van der Waals surface area contributed by atoms with Gasteiger partial charge in [0.2, 0.25) is 0 Å². The zero-order chi connectivity index (χ0) is 14.7. The average Bonchev–Trinajstić information content (AvgIpc) is 2.38. The molecule has 0 aliphatic carbocycles. The molecule has 0 spiro atoms. The van der Waals surface area contributed by atoms with Gasteiger partial charge in [0, 0.05) is 22.4 Å². The molecular formula is C14H12Cl2N2O2. The lowest BCUT2D eigenvalue weighted by Crippen LogP contribution is -2.11. The maximum atomic E-state index is 11.1. The highest BCUT2D eigenvalue weighted by Crippen LogP contribution is 2.29. The lowest BCUT2D eigenvalue weighted by atomic mass is 10.1. The second-order valence-corrected chi connectivity index (χ2v) is 5.10. The van der Waals surface area contributed by atoms with Gasteiger partial charge in [-0.3, -0.25) is 4.98 Å². The van der Waals surface area contributed by atoms with E-state index in [1.54, 1.807) is 18.2 Å². The fourth-order valence-electron chi connectivity index (χ4n) is 1.85. The summed E-state index contributed by atoms with van der Waals surface area (Å²) < 4.78 is 0. The largest absolute Gasteiger partial charge is 0.478 e. The van der Waals surface area contributed by atoms with E-state index in [1.165, 1.54) is 12.4 Å². The Hall–Kier alpha value is -1.78. The molecule has 20 heavy (non-hydrogen) atoms. The van der Waals surface area contributed by atoms with Crippen molar-refractivity contribution in [3.63, 3.8) is 0 Å². The van der Waals surface area contributed by atoms with E-state index < -0.39 is 5.97 Å². The summed E-state index contributed by atoms with van der Waals surface area (Å²) in [4.78, 5) is 14.9. The van der Waals surface area contributed by atoms with Crippen molar-refractivity contribution in [1.29, 1.82) is 0 Å². The Labute approximate surface area is 126 Å². The van der Waals surface area contributed by atoms with Gasteiger partial charge < -0.3 is 10.4 Å². The molecule has 104 valence electrons. The summed E-state index contributed by atoms with van der Waals surface area (Å²) in [6.45, 7) is 1.89. The molecule has 0 saturated heterocycles. The number of carbonyl (C=O) groups is 1. The number of anilines is 1. The van der Waals surface area contributed by atoms with Crippen LogP contribution in [-0.4, -0.2) is 16.1 Å². The van der Waals surface area contributed by atoms with Crippen LogP contribution in [0.5, 0.6) is 0 Å². The first-order valence-electron chi connectivity index (χ1n) is 5.88. The van der Waals surface area contributed by atoms with Gasteiger partial charge in [-0.2, -0.15) is 0 Å². The van der Waals surface area contributed by atoms with Crippen molar-refractivity contribution in [2.45, 2.75) is 13.0 Å². The summed E-state index contributed by atoms with van der Waals surface area (Å²) in [5.41, 5.74) is 1.44.